The Morgan fingerprint density at radius 2 is 1.92 bits per heavy atom. The van der Waals surface area contributed by atoms with Crippen LogP contribution in [0.1, 0.15) is 59.3 Å². The molecule has 0 radical (unpaired) electrons. The summed E-state index contributed by atoms with van der Waals surface area (Å²) in [7, 11) is 0. The van der Waals surface area contributed by atoms with Crippen molar-refractivity contribution in [1.82, 2.24) is 0 Å². The Morgan fingerprint density at radius 3 is 2.62 bits per heavy atom. The Bertz CT molecular complexity index is 675. The first kappa shape index (κ1) is 16.6. The summed E-state index contributed by atoms with van der Waals surface area (Å²) in [4.78, 5) is 24.1. The van der Waals surface area contributed by atoms with Gasteiger partial charge in [-0.3, -0.25) is 9.59 Å². The van der Waals surface area contributed by atoms with Gasteiger partial charge in [-0.05, 0) is 79.3 Å². The van der Waals surface area contributed by atoms with Crippen LogP contribution < -0.4 is 0 Å². The number of rotatable bonds is 1. The zero-order chi connectivity index (χ0) is 17.3. The number of hydrogen-bond donors (Lipinski definition) is 0. The molecule has 4 aliphatic rings. The standard InChI is InChI=1S/C21H27ClO2/c1-12(23)15-4-5-16-14-11-19(22)18-10-13(24)6-8-21(18,3)17(14)7-9-20(15,16)2/h10-11,14-17H,4-9H2,1-3H3/t14-,15?,16-,17-,20+,21+/m0/s1. The second kappa shape index (κ2) is 5.30. The number of carbonyl (C=O) groups excluding carboxylic acids is 2. The van der Waals surface area contributed by atoms with Crippen molar-refractivity contribution in [3.05, 3.63) is 22.8 Å². The summed E-state index contributed by atoms with van der Waals surface area (Å²) in [6.45, 7) is 6.42. The molecule has 0 aromatic carbocycles. The molecule has 0 spiro atoms. The summed E-state index contributed by atoms with van der Waals surface area (Å²) in [5, 5.41) is 0.794. The van der Waals surface area contributed by atoms with Crippen molar-refractivity contribution in [2.75, 3.05) is 0 Å². The monoisotopic (exact) mass is 346 g/mol. The first-order valence-corrected chi connectivity index (χ1v) is 9.78. The molecule has 0 aromatic rings. The van der Waals surface area contributed by atoms with Crippen molar-refractivity contribution in [2.45, 2.75) is 59.3 Å². The minimum Gasteiger partial charge on any atom is -0.300 e. The second-order valence-corrected chi connectivity index (χ2v) is 9.44. The first-order chi connectivity index (χ1) is 11.3. The van der Waals surface area contributed by atoms with Gasteiger partial charge >= 0.3 is 0 Å². The van der Waals surface area contributed by atoms with Crippen molar-refractivity contribution in [2.24, 2.45) is 34.5 Å². The lowest BCUT2D eigenvalue weighted by Gasteiger charge is -2.56. The molecular formula is C21H27ClO2. The van der Waals surface area contributed by atoms with Crippen LogP contribution in [-0.4, -0.2) is 11.6 Å². The van der Waals surface area contributed by atoms with Crippen LogP contribution in [0.15, 0.2) is 22.8 Å². The molecule has 2 nitrogen and oxygen atoms in total. The van der Waals surface area contributed by atoms with Gasteiger partial charge in [-0.1, -0.05) is 31.5 Å². The molecule has 2 saturated carbocycles. The summed E-state index contributed by atoms with van der Waals surface area (Å²) in [6.07, 6.45) is 10.0. The third kappa shape index (κ3) is 2.08. The SMILES string of the molecule is CC(=O)C1CC[C@H]2[C@@H]3C=C(Cl)C4=CC(=O)CC[C@]4(C)[C@H]3CC[C@]12C. The smallest absolute Gasteiger partial charge is 0.156 e. The van der Waals surface area contributed by atoms with Crippen LogP contribution >= 0.6 is 11.6 Å². The van der Waals surface area contributed by atoms with Gasteiger partial charge in [0.25, 0.3) is 0 Å². The number of ketones is 2. The number of halogens is 1. The van der Waals surface area contributed by atoms with Gasteiger partial charge in [-0.25, -0.2) is 0 Å². The van der Waals surface area contributed by atoms with Gasteiger partial charge in [0, 0.05) is 17.4 Å². The molecule has 0 aromatic heterocycles. The zero-order valence-corrected chi connectivity index (χ0v) is 15.7. The molecule has 4 rings (SSSR count). The van der Waals surface area contributed by atoms with Crippen LogP contribution in [0.5, 0.6) is 0 Å². The molecule has 0 bridgehead atoms. The summed E-state index contributed by atoms with van der Waals surface area (Å²) in [6, 6.07) is 0. The van der Waals surface area contributed by atoms with Crippen molar-refractivity contribution in [3.8, 4) is 0 Å². The second-order valence-electron chi connectivity index (χ2n) is 9.03. The molecule has 6 atom stereocenters. The van der Waals surface area contributed by atoms with Crippen molar-refractivity contribution >= 4 is 23.2 Å². The lowest BCUT2D eigenvalue weighted by atomic mass is 9.48. The van der Waals surface area contributed by atoms with Crippen LogP contribution in [0.2, 0.25) is 0 Å². The van der Waals surface area contributed by atoms with Gasteiger partial charge in [-0.2, -0.15) is 0 Å². The topological polar surface area (TPSA) is 34.1 Å². The number of fused-ring (bicyclic) bond motifs is 5. The lowest BCUT2D eigenvalue weighted by molar-refractivity contribution is -0.127. The van der Waals surface area contributed by atoms with E-state index in [0.717, 1.165) is 42.7 Å². The molecule has 3 heteroatoms. The minimum atomic E-state index is 0.0278. The molecule has 1 unspecified atom stereocenters. The summed E-state index contributed by atoms with van der Waals surface area (Å²) in [5.74, 6) is 2.35. The molecule has 0 heterocycles. The molecule has 0 amide bonds. The molecule has 130 valence electrons. The highest BCUT2D eigenvalue weighted by molar-refractivity contribution is 6.32. The van der Waals surface area contributed by atoms with Crippen LogP contribution in [0.4, 0.5) is 0 Å². The van der Waals surface area contributed by atoms with Gasteiger partial charge < -0.3 is 0 Å². The van der Waals surface area contributed by atoms with Gasteiger partial charge in [0.15, 0.2) is 5.78 Å². The molecule has 24 heavy (non-hydrogen) atoms. The maximum Gasteiger partial charge on any atom is 0.156 e. The highest BCUT2D eigenvalue weighted by Crippen LogP contribution is 2.66. The highest BCUT2D eigenvalue weighted by atomic mass is 35.5. The largest absolute Gasteiger partial charge is 0.300 e. The van der Waals surface area contributed by atoms with Gasteiger partial charge in [0.1, 0.15) is 5.78 Å². The van der Waals surface area contributed by atoms with Gasteiger partial charge in [0.05, 0.1) is 0 Å². The van der Waals surface area contributed by atoms with Crippen molar-refractivity contribution < 1.29 is 9.59 Å². The number of allylic oxidation sites excluding steroid dienone is 4. The van der Waals surface area contributed by atoms with E-state index in [2.05, 4.69) is 19.9 Å². The number of hydrogen-bond acceptors (Lipinski definition) is 2. The Labute approximate surface area is 149 Å². The van der Waals surface area contributed by atoms with E-state index in [1.807, 2.05) is 0 Å². The van der Waals surface area contributed by atoms with E-state index in [9.17, 15) is 9.59 Å². The average Bonchev–Trinajstić information content (AvgIpc) is 2.87. The third-order valence-corrected chi connectivity index (χ3v) is 8.38. The average molecular weight is 347 g/mol. The maximum absolute atomic E-state index is 12.2. The quantitative estimate of drug-likeness (QED) is 0.664. The van der Waals surface area contributed by atoms with Crippen molar-refractivity contribution in [1.29, 1.82) is 0 Å². The molecule has 2 fully saturated rings. The molecule has 0 saturated heterocycles. The molecule has 0 aliphatic heterocycles. The zero-order valence-electron chi connectivity index (χ0n) is 14.9. The maximum atomic E-state index is 12.2. The normalized spacial score (nSPS) is 47.2. The van der Waals surface area contributed by atoms with Crippen LogP contribution in [0, 0.1) is 34.5 Å². The fraction of sp³-hybridized carbons (Fsp3) is 0.714. The fourth-order valence-corrected chi connectivity index (χ4v) is 7.16. The summed E-state index contributed by atoms with van der Waals surface area (Å²) >= 11 is 6.67. The molecule has 4 aliphatic carbocycles. The van der Waals surface area contributed by atoms with Crippen LogP contribution in [0.3, 0.4) is 0 Å². The van der Waals surface area contributed by atoms with Crippen LogP contribution in [-0.2, 0) is 9.59 Å². The minimum absolute atomic E-state index is 0.0278. The van der Waals surface area contributed by atoms with E-state index >= 15 is 0 Å². The van der Waals surface area contributed by atoms with Gasteiger partial charge in [0.2, 0.25) is 0 Å². The van der Waals surface area contributed by atoms with E-state index in [-0.39, 0.29) is 22.5 Å². The summed E-state index contributed by atoms with van der Waals surface area (Å²) in [5.41, 5.74) is 1.23. The van der Waals surface area contributed by atoms with E-state index in [1.54, 1.807) is 13.0 Å². The molecular weight excluding hydrogens is 320 g/mol. The van der Waals surface area contributed by atoms with E-state index in [0.29, 0.717) is 30.0 Å². The van der Waals surface area contributed by atoms with Crippen LogP contribution in [0.25, 0.3) is 0 Å². The van der Waals surface area contributed by atoms with Gasteiger partial charge in [-0.15, -0.1) is 0 Å². The summed E-state index contributed by atoms with van der Waals surface area (Å²) < 4.78 is 0. The first-order valence-electron chi connectivity index (χ1n) is 9.40. The fourth-order valence-electron chi connectivity index (χ4n) is 6.74. The number of carbonyl (C=O) groups is 2. The molecule has 0 N–H and O–H groups in total. The highest BCUT2D eigenvalue weighted by Gasteiger charge is 2.59. The lowest BCUT2D eigenvalue weighted by Crippen LogP contribution is -2.50. The van der Waals surface area contributed by atoms with Crippen molar-refractivity contribution in [3.63, 3.8) is 0 Å². The third-order valence-electron chi connectivity index (χ3n) is 8.05. The Balaban J connectivity index is 1.77. The Kier molecular flexibility index (Phi) is 3.66. The van der Waals surface area contributed by atoms with E-state index in [1.165, 1.54) is 0 Å². The predicted octanol–water partition coefficient (Wildman–Crippen LogP) is 5.07. The predicted molar refractivity (Wildman–Crippen MR) is 95.6 cm³/mol. The van der Waals surface area contributed by atoms with E-state index < -0.39 is 0 Å². The van der Waals surface area contributed by atoms with E-state index in [4.69, 9.17) is 11.6 Å². The number of Topliss-reactive ketones (excluding diaryl/α,β-unsaturated/α-hetero) is 1. The Morgan fingerprint density at radius 1 is 1.17 bits per heavy atom. The Hall–Kier alpha value is -0.890.